The third kappa shape index (κ3) is 8.09. The maximum atomic E-state index is 12.8. The first-order chi connectivity index (χ1) is 18.2. The topological polar surface area (TPSA) is 133 Å². The first kappa shape index (κ1) is 30.2. The van der Waals surface area contributed by atoms with Crippen LogP contribution < -0.4 is 10.0 Å². The summed E-state index contributed by atoms with van der Waals surface area (Å²) in [5.74, 6) is -2.57. The predicted molar refractivity (Wildman–Crippen MR) is 137 cm³/mol. The number of hydrogen-bond acceptors (Lipinski definition) is 5. The van der Waals surface area contributed by atoms with Gasteiger partial charge in [0.1, 0.15) is 0 Å². The van der Waals surface area contributed by atoms with E-state index in [1.54, 1.807) is 24.3 Å². The lowest BCUT2D eigenvalue weighted by Crippen LogP contribution is -2.36. The number of alkyl halides is 3. The number of rotatable bonds is 9. The number of nitrogens with one attached hydrogen (secondary N) is 2. The van der Waals surface area contributed by atoms with E-state index in [1.165, 1.54) is 24.3 Å². The fourth-order valence-corrected chi connectivity index (χ4v) is 5.22. The van der Waals surface area contributed by atoms with Crippen LogP contribution in [0.15, 0.2) is 53.4 Å². The van der Waals surface area contributed by atoms with Crippen molar-refractivity contribution in [3.8, 4) is 0 Å². The van der Waals surface area contributed by atoms with Gasteiger partial charge in [0.05, 0.1) is 10.3 Å². The molecular formula is C25H27ClF3N3O6S. The molecule has 39 heavy (non-hydrogen) atoms. The normalized spacial score (nSPS) is 16.2. The Labute approximate surface area is 228 Å². The molecule has 0 bridgehead atoms. The van der Waals surface area contributed by atoms with E-state index in [1.807, 2.05) is 4.90 Å². The Morgan fingerprint density at radius 2 is 1.64 bits per heavy atom. The lowest BCUT2D eigenvalue weighted by atomic mass is 9.95. The SMILES string of the molecule is O=C(O)C(F)(F)F.O=C1CCCN1CCCNC(=O)C1(c2ccc(NS(=O)(=O)c3ccc(Cl)cc3)cc2)CC1. The van der Waals surface area contributed by atoms with Gasteiger partial charge in [0.2, 0.25) is 11.8 Å². The van der Waals surface area contributed by atoms with Gasteiger partial charge >= 0.3 is 12.1 Å². The number of carboxylic acids is 1. The molecule has 9 nitrogen and oxygen atoms in total. The average Bonchev–Trinajstić information content (AvgIpc) is 3.58. The van der Waals surface area contributed by atoms with Crippen molar-refractivity contribution in [1.82, 2.24) is 10.2 Å². The number of amides is 2. The largest absolute Gasteiger partial charge is 0.490 e. The number of likely N-dealkylation sites (tertiary alicyclic amines) is 1. The van der Waals surface area contributed by atoms with Gasteiger partial charge in [-0.3, -0.25) is 14.3 Å². The maximum Gasteiger partial charge on any atom is 0.490 e. The summed E-state index contributed by atoms with van der Waals surface area (Å²) in [5, 5.41) is 10.6. The Morgan fingerprint density at radius 3 is 2.13 bits per heavy atom. The summed E-state index contributed by atoms with van der Waals surface area (Å²) < 4.78 is 59.4. The zero-order chi connectivity index (χ0) is 28.8. The average molecular weight is 590 g/mol. The quantitative estimate of drug-likeness (QED) is 0.380. The number of anilines is 1. The molecule has 1 saturated heterocycles. The number of halogens is 4. The van der Waals surface area contributed by atoms with E-state index in [0.717, 1.165) is 37.8 Å². The second-order valence-electron chi connectivity index (χ2n) is 9.12. The van der Waals surface area contributed by atoms with Gasteiger partial charge < -0.3 is 15.3 Å². The Bertz CT molecular complexity index is 1300. The summed E-state index contributed by atoms with van der Waals surface area (Å²) in [4.78, 5) is 35.3. The Balaban J connectivity index is 0.000000532. The standard InChI is InChI=1S/C23H26ClN3O4S.C2HF3O2/c24-18-6-10-20(11-7-18)32(30,31)26-19-8-4-17(5-9-19)23(12-13-23)22(29)25-14-2-16-27-15-1-3-21(27)28;3-2(4,5)1(6)7/h4-11,26H,1-3,12-16H2,(H,25,29);(H,6,7). The van der Waals surface area contributed by atoms with Gasteiger partial charge in [0.25, 0.3) is 10.0 Å². The van der Waals surface area contributed by atoms with Crippen molar-refractivity contribution in [2.24, 2.45) is 0 Å². The molecule has 1 heterocycles. The van der Waals surface area contributed by atoms with E-state index in [0.29, 0.717) is 30.2 Å². The minimum atomic E-state index is -5.08. The molecule has 0 aromatic heterocycles. The molecule has 212 valence electrons. The molecule has 0 unspecified atom stereocenters. The monoisotopic (exact) mass is 589 g/mol. The van der Waals surface area contributed by atoms with Crippen LogP contribution >= 0.6 is 11.6 Å². The minimum Gasteiger partial charge on any atom is -0.475 e. The molecular weight excluding hydrogens is 563 g/mol. The van der Waals surface area contributed by atoms with Crippen molar-refractivity contribution in [2.75, 3.05) is 24.4 Å². The molecule has 1 saturated carbocycles. The fraction of sp³-hybridized carbons (Fsp3) is 0.400. The Kier molecular flexibility index (Phi) is 9.49. The van der Waals surface area contributed by atoms with Crippen LogP contribution in [0.1, 0.15) is 37.7 Å². The van der Waals surface area contributed by atoms with Crippen molar-refractivity contribution in [3.63, 3.8) is 0 Å². The van der Waals surface area contributed by atoms with Crippen molar-refractivity contribution in [3.05, 3.63) is 59.1 Å². The Morgan fingerprint density at radius 1 is 1.05 bits per heavy atom. The highest BCUT2D eigenvalue weighted by atomic mass is 35.5. The number of sulfonamides is 1. The first-order valence-corrected chi connectivity index (χ1v) is 13.9. The summed E-state index contributed by atoms with van der Waals surface area (Å²) in [6.45, 7) is 2.02. The summed E-state index contributed by atoms with van der Waals surface area (Å²) >= 11 is 5.83. The van der Waals surface area contributed by atoms with E-state index in [2.05, 4.69) is 10.0 Å². The molecule has 2 aromatic carbocycles. The lowest BCUT2D eigenvalue weighted by molar-refractivity contribution is -0.192. The van der Waals surface area contributed by atoms with Crippen molar-refractivity contribution in [2.45, 2.75) is 48.6 Å². The van der Waals surface area contributed by atoms with Crippen molar-refractivity contribution < 1.29 is 41.1 Å². The molecule has 2 aromatic rings. The number of nitrogens with zero attached hydrogens (tertiary/aromatic N) is 1. The number of carboxylic acid groups (broad SMARTS) is 1. The van der Waals surface area contributed by atoms with Crippen LogP contribution in [0, 0.1) is 0 Å². The number of carbonyl (C=O) groups is 3. The maximum absolute atomic E-state index is 12.8. The van der Waals surface area contributed by atoms with Gasteiger partial charge in [0.15, 0.2) is 0 Å². The van der Waals surface area contributed by atoms with Gasteiger partial charge in [-0.1, -0.05) is 23.7 Å². The van der Waals surface area contributed by atoms with Crippen molar-refractivity contribution >= 4 is 45.1 Å². The number of hydrogen-bond donors (Lipinski definition) is 3. The predicted octanol–water partition coefficient (Wildman–Crippen LogP) is 3.93. The molecule has 1 aliphatic heterocycles. The molecule has 14 heteroatoms. The van der Waals surface area contributed by atoms with E-state index in [9.17, 15) is 31.2 Å². The van der Waals surface area contributed by atoms with E-state index < -0.39 is 27.6 Å². The summed E-state index contributed by atoms with van der Waals surface area (Å²) in [6, 6.07) is 12.9. The third-order valence-electron chi connectivity index (χ3n) is 6.30. The van der Waals surface area contributed by atoms with Gasteiger partial charge in [-0.05, 0) is 67.6 Å². The molecule has 0 spiro atoms. The zero-order valence-electron chi connectivity index (χ0n) is 20.6. The highest BCUT2D eigenvalue weighted by Gasteiger charge is 2.51. The molecule has 0 atom stereocenters. The fourth-order valence-electron chi connectivity index (χ4n) is 4.04. The molecule has 2 fully saturated rings. The highest BCUT2D eigenvalue weighted by Crippen LogP contribution is 2.48. The van der Waals surface area contributed by atoms with Gasteiger partial charge in [-0.15, -0.1) is 0 Å². The van der Waals surface area contributed by atoms with Crippen LogP contribution in [0.4, 0.5) is 18.9 Å². The van der Waals surface area contributed by atoms with E-state index >= 15 is 0 Å². The minimum absolute atomic E-state index is 0.0141. The summed E-state index contributed by atoms with van der Waals surface area (Å²) in [5.41, 5.74) is 0.756. The van der Waals surface area contributed by atoms with Gasteiger partial charge in [-0.2, -0.15) is 13.2 Å². The first-order valence-electron chi connectivity index (χ1n) is 12.0. The second kappa shape index (κ2) is 12.2. The highest BCUT2D eigenvalue weighted by molar-refractivity contribution is 7.92. The number of aliphatic carboxylic acids is 1. The lowest BCUT2D eigenvalue weighted by Gasteiger charge is -2.18. The van der Waals surface area contributed by atoms with Crippen LogP contribution in [0.3, 0.4) is 0 Å². The number of carbonyl (C=O) groups excluding carboxylic acids is 2. The molecule has 0 radical (unpaired) electrons. The molecule has 3 N–H and O–H groups in total. The summed E-state index contributed by atoms with van der Waals surface area (Å²) in [7, 11) is -3.72. The van der Waals surface area contributed by atoms with Crippen LogP contribution in [-0.4, -0.2) is 62.0 Å². The van der Waals surface area contributed by atoms with E-state index in [4.69, 9.17) is 21.5 Å². The second-order valence-corrected chi connectivity index (χ2v) is 11.2. The van der Waals surface area contributed by atoms with Crippen LogP contribution in [0.2, 0.25) is 5.02 Å². The zero-order valence-corrected chi connectivity index (χ0v) is 22.2. The molecule has 4 rings (SSSR count). The Hall–Kier alpha value is -3.32. The number of benzene rings is 2. The van der Waals surface area contributed by atoms with Crippen molar-refractivity contribution in [1.29, 1.82) is 0 Å². The molecule has 2 amide bonds. The van der Waals surface area contributed by atoms with E-state index in [-0.39, 0.29) is 16.7 Å². The molecule has 1 aliphatic carbocycles. The smallest absolute Gasteiger partial charge is 0.475 e. The third-order valence-corrected chi connectivity index (χ3v) is 7.95. The van der Waals surface area contributed by atoms with Gasteiger partial charge in [-0.25, -0.2) is 13.2 Å². The molecule has 2 aliphatic rings. The van der Waals surface area contributed by atoms with Crippen LogP contribution in [0.5, 0.6) is 0 Å². The van der Waals surface area contributed by atoms with Crippen LogP contribution in [-0.2, 0) is 29.8 Å². The van der Waals surface area contributed by atoms with Crippen LogP contribution in [0.25, 0.3) is 0 Å². The van der Waals surface area contributed by atoms with Gasteiger partial charge in [0, 0.05) is 36.8 Å². The summed E-state index contributed by atoms with van der Waals surface area (Å²) in [6.07, 6.45) is -1.28.